The van der Waals surface area contributed by atoms with Gasteiger partial charge < -0.3 is 19.8 Å². The van der Waals surface area contributed by atoms with Crippen LogP contribution in [0, 0.1) is 17.8 Å². The molecule has 52 heavy (non-hydrogen) atoms. The van der Waals surface area contributed by atoms with Gasteiger partial charge >= 0.3 is 0 Å². The summed E-state index contributed by atoms with van der Waals surface area (Å²) in [5.74, 6) is 2.32. The Labute approximate surface area is 307 Å². The van der Waals surface area contributed by atoms with Gasteiger partial charge in [-0.1, -0.05) is 37.5 Å². The van der Waals surface area contributed by atoms with Crippen LogP contribution in [0.15, 0.2) is 60.7 Å². The fourth-order valence-corrected chi connectivity index (χ4v) is 10.2. The zero-order valence-corrected chi connectivity index (χ0v) is 30.1. The quantitative estimate of drug-likeness (QED) is 0.306. The zero-order chi connectivity index (χ0) is 35.3. The van der Waals surface area contributed by atoms with Crippen molar-refractivity contribution in [2.24, 2.45) is 17.8 Å². The number of nitrogens with zero attached hydrogens (tertiary/aromatic N) is 4. The molecule has 9 rings (SSSR count). The highest BCUT2D eigenvalue weighted by Gasteiger charge is 2.40. The van der Waals surface area contributed by atoms with Gasteiger partial charge in [-0.2, -0.15) is 0 Å². The van der Waals surface area contributed by atoms with Gasteiger partial charge in [-0.25, -0.2) is 0 Å². The molecule has 0 spiro atoms. The summed E-state index contributed by atoms with van der Waals surface area (Å²) in [6, 6.07) is 21.1. The predicted molar refractivity (Wildman–Crippen MR) is 202 cm³/mol. The van der Waals surface area contributed by atoms with E-state index >= 15 is 0 Å². The Morgan fingerprint density at radius 3 is 2.19 bits per heavy atom. The molecule has 272 valence electrons. The average Bonchev–Trinajstić information content (AvgIpc) is 3.46. The fraction of sp³-hybridized carbons (Fsp3) is 0.512. The molecule has 4 heterocycles. The Morgan fingerprint density at radius 1 is 0.712 bits per heavy atom. The summed E-state index contributed by atoms with van der Waals surface area (Å²) >= 11 is 0. The first-order chi connectivity index (χ1) is 25.4. The number of carbonyl (C=O) groups is 3. The van der Waals surface area contributed by atoms with Crippen LogP contribution in [0.1, 0.15) is 89.9 Å². The Kier molecular flexibility index (Phi) is 8.93. The van der Waals surface area contributed by atoms with Crippen molar-refractivity contribution in [1.29, 1.82) is 0 Å². The van der Waals surface area contributed by atoms with E-state index in [0.29, 0.717) is 42.0 Å². The van der Waals surface area contributed by atoms with E-state index < -0.39 is 6.04 Å². The van der Waals surface area contributed by atoms with Crippen molar-refractivity contribution in [3.8, 4) is 5.75 Å². The highest BCUT2D eigenvalue weighted by Crippen LogP contribution is 2.50. The molecule has 3 atom stereocenters. The van der Waals surface area contributed by atoms with Gasteiger partial charge in [0.25, 0.3) is 5.91 Å². The van der Waals surface area contributed by atoms with Crippen molar-refractivity contribution >= 4 is 29.1 Å². The monoisotopic (exact) mass is 701 g/mol. The van der Waals surface area contributed by atoms with E-state index in [1.807, 2.05) is 18.2 Å². The molecule has 2 aliphatic carbocycles. The number of nitrogens with one attached hydrogen (secondary N) is 1. The lowest BCUT2D eigenvalue weighted by Gasteiger charge is -2.43. The van der Waals surface area contributed by atoms with Gasteiger partial charge in [-0.05, 0) is 115 Å². The Morgan fingerprint density at radius 2 is 1.46 bits per heavy atom. The number of hydrogen-bond acceptors (Lipinski definition) is 7. The third-order valence-electron chi connectivity index (χ3n) is 13.4. The summed E-state index contributed by atoms with van der Waals surface area (Å²) < 4.78 is 0. The third-order valence-corrected chi connectivity index (χ3v) is 13.4. The second-order valence-electron chi connectivity index (χ2n) is 16.3. The van der Waals surface area contributed by atoms with E-state index in [2.05, 4.69) is 62.5 Å². The minimum absolute atomic E-state index is 0.116. The minimum atomic E-state index is -0.580. The summed E-state index contributed by atoms with van der Waals surface area (Å²) in [6.07, 6.45) is 9.49. The number of carbonyl (C=O) groups excluding carboxylic acids is 3. The van der Waals surface area contributed by atoms with Gasteiger partial charge in [-0.15, -0.1) is 0 Å². The smallest absolute Gasteiger partial charge is 0.255 e. The number of benzene rings is 3. The van der Waals surface area contributed by atoms with E-state index in [1.54, 1.807) is 4.90 Å². The first-order valence-corrected chi connectivity index (χ1v) is 19.8. The molecule has 1 saturated carbocycles. The summed E-state index contributed by atoms with van der Waals surface area (Å²) in [4.78, 5) is 46.5. The lowest BCUT2D eigenvalue weighted by atomic mass is 9.62. The van der Waals surface area contributed by atoms with E-state index in [9.17, 15) is 19.5 Å². The van der Waals surface area contributed by atoms with Crippen LogP contribution in [0.4, 0.5) is 11.4 Å². The van der Waals surface area contributed by atoms with Crippen molar-refractivity contribution in [3.63, 3.8) is 0 Å². The number of anilines is 2. The lowest BCUT2D eigenvalue weighted by Crippen LogP contribution is -2.52. The molecule has 3 amide bonds. The standard InChI is InChI=1S/C43H51N5O4/c49-35-10-13-37-31(25-35)6-11-36(29-2-1-3-29)41(37)30-4-7-33(8-5-30)46-18-16-28(17-19-46)26-45-20-22-47(23-21-45)34-9-12-38-32(24-34)27-48(43(38)52)39-14-15-40(50)44-42(39)51/h4-5,7-10,12-13,24-25,28-29,36,39,41,49H,1-3,6,11,14-23,26-27H2,(H,44,50,51). The van der Waals surface area contributed by atoms with Crippen LogP contribution in [-0.4, -0.2) is 84.5 Å². The number of rotatable bonds is 7. The molecule has 9 heteroatoms. The van der Waals surface area contributed by atoms with Gasteiger partial charge in [0.05, 0.1) is 0 Å². The molecule has 3 saturated heterocycles. The summed E-state index contributed by atoms with van der Waals surface area (Å²) in [7, 11) is 0. The van der Waals surface area contributed by atoms with Crippen LogP contribution in [0.5, 0.6) is 5.75 Å². The SMILES string of the molecule is O=C1CCC(N2Cc3cc(N4CCN(CC5CCN(c6ccc(C7c8ccc(O)cc8CCC7C7CCC7)cc6)CC5)CC4)ccc3C2=O)C(=O)N1. The molecule has 0 bridgehead atoms. The molecule has 2 N–H and O–H groups in total. The van der Waals surface area contributed by atoms with Crippen molar-refractivity contribution in [2.45, 2.75) is 76.3 Å². The fourth-order valence-electron chi connectivity index (χ4n) is 10.2. The molecule has 0 aromatic heterocycles. The molecule has 6 aliphatic rings. The minimum Gasteiger partial charge on any atom is -0.508 e. The van der Waals surface area contributed by atoms with Crippen LogP contribution in [0.25, 0.3) is 0 Å². The number of phenolic OH excluding ortho intramolecular Hbond substituents is 1. The van der Waals surface area contributed by atoms with E-state index in [1.165, 1.54) is 60.9 Å². The molecule has 3 aromatic rings. The number of aromatic hydroxyl groups is 1. The highest BCUT2D eigenvalue weighted by molar-refractivity contribution is 6.05. The highest BCUT2D eigenvalue weighted by atomic mass is 16.3. The van der Waals surface area contributed by atoms with Gasteiger partial charge in [0.1, 0.15) is 11.8 Å². The summed E-state index contributed by atoms with van der Waals surface area (Å²) in [5.41, 5.74) is 8.31. The second kappa shape index (κ2) is 13.9. The van der Waals surface area contributed by atoms with E-state index in [0.717, 1.165) is 69.4 Å². The van der Waals surface area contributed by atoms with Crippen LogP contribution in [-0.2, 0) is 22.6 Å². The average molecular weight is 702 g/mol. The normalized spacial score (nSPS) is 25.9. The number of piperazine rings is 1. The van der Waals surface area contributed by atoms with Gasteiger partial charge in [0.15, 0.2) is 0 Å². The molecular weight excluding hydrogens is 651 g/mol. The largest absolute Gasteiger partial charge is 0.508 e. The van der Waals surface area contributed by atoms with Crippen LogP contribution in [0.2, 0.25) is 0 Å². The molecule has 9 nitrogen and oxygen atoms in total. The topological polar surface area (TPSA) is 96.4 Å². The Hall–Kier alpha value is -4.37. The molecular formula is C43H51N5O4. The number of fused-ring (bicyclic) bond motifs is 2. The number of piperidine rings is 2. The number of hydrogen-bond donors (Lipinski definition) is 2. The van der Waals surface area contributed by atoms with Crippen LogP contribution >= 0.6 is 0 Å². The molecule has 3 unspecified atom stereocenters. The second-order valence-corrected chi connectivity index (χ2v) is 16.3. The first kappa shape index (κ1) is 33.5. The molecule has 3 aromatic carbocycles. The van der Waals surface area contributed by atoms with E-state index in [4.69, 9.17) is 0 Å². The third kappa shape index (κ3) is 6.35. The summed E-state index contributed by atoms with van der Waals surface area (Å²) in [6.45, 7) is 7.76. The molecule has 0 radical (unpaired) electrons. The number of amides is 3. The van der Waals surface area contributed by atoms with Crippen molar-refractivity contribution < 1.29 is 19.5 Å². The predicted octanol–water partition coefficient (Wildman–Crippen LogP) is 5.69. The maximum atomic E-state index is 13.1. The Bertz CT molecular complexity index is 1840. The maximum Gasteiger partial charge on any atom is 0.255 e. The molecule has 4 aliphatic heterocycles. The maximum absolute atomic E-state index is 13.1. The summed E-state index contributed by atoms with van der Waals surface area (Å²) in [5, 5.41) is 12.6. The van der Waals surface area contributed by atoms with Gasteiger partial charge in [0, 0.05) is 81.6 Å². The van der Waals surface area contributed by atoms with Gasteiger partial charge in [-0.3, -0.25) is 24.6 Å². The van der Waals surface area contributed by atoms with Crippen molar-refractivity contribution in [1.82, 2.24) is 15.1 Å². The van der Waals surface area contributed by atoms with Crippen molar-refractivity contribution in [2.75, 3.05) is 55.6 Å². The molecule has 4 fully saturated rings. The van der Waals surface area contributed by atoms with Crippen LogP contribution < -0.4 is 15.1 Å². The number of imide groups is 1. The first-order valence-electron chi connectivity index (χ1n) is 19.8. The zero-order valence-electron chi connectivity index (χ0n) is 30.1. The number of aryl methyl sites for hydroxylation is 1. The van der Waals surface area contributed by atoms with Gasteiger partial charge in [0.2, 0.25) is 11.8 Å². The van der Waals surface area contributed by atoms with E-state index in [-0.39, 0.29) is 24.1 Å². The van der Waals surface area contributed by atoms with Crippen LogP contribution in [0.3, 0.4) is 0 Å². The lowest BCUT2D eigenvalue weighted by molar-refractivity contribution is -0.136. The van der Waals surface area contributed by atoms with Crippen molar-refractivity contribution in [3.05, 3.63) is 88.5 Å². The Balaban J connectivity index is 0.768. The number of phenols is 1.